The third kappa shape index (κ3) is 3.25. The van der Waals surface area contributed by atoms with Crippen molar-refractivity contribution in [3.8, 4) is 0 Å². The molecule has 0 radical (unpaired) electrons. The first kappa shape index (κ1) is 14.7. The molecule has 0 aromatic rings. The average Bonchev–Trinajstić information content (AvgIpc) is 2.82. The van der Waals surface area contributed by atoms with Crippen LogP contribution in [0.1, 0.15) is 13.3 Å². The second-order valence-electron chi connectivity index (χ2n) is 5.00. The molecule has 106 valence electrons. The lowest BCUT2D eigenvalue weighted by atomic mass is 9.81. The summed E-state index contributed by atoms with van der Waals surface area (Å²) in [5.41, 5.74) is 7.80. The zero-order valence-corrected chi connectivity index (χ0v) is 11.2. The lowest BCUT2D eigenvalue weighted by molar-refractivity contribution is -0.122. The van der Waals surface area contributed by atoms with Crippen molar-refractivity contribution in [2.75, 3.05) is 0 Å². The van der Waals surface area contributed by atoms with Gasteiger partial charge in [0.15, 0.2) is 0 Å². The average molecular weight is 275 g/mol. The Balaban J connectivity index is 1.90. The summed E-state index contributed by atoms with van der Waals surface area (Å²) >= 11 is 0. The van der Waals surface area contributed by atoms with Crippen molar-refractivity contribution in [2.24, 2.45) is 16.6 Å². The number of hydrogen-bond donors (Lipinski definition) is 4. The maximum Gasteiger partial charge on any atom is 0.475 e. The Kier molecular flexibility index (Phi) is 4.54. The molecule has 0 aromatic heterocycles. The molecule has 1 unspecified atom stereocenters. The maximum absolute atomic E-state index is 11.9. The van der Waals surface area contributed by atoms with Crippen LogP contribution in [0.15, 0.2) is 41.1 Å². The highest BCUT2D eigenvalue weighted by Crippen LogP contribution is 2.27. The van der Waals surface area contributed by atoms with E-state index in [9.17, 15) is 4.79 Å². The number of rotatable bonds is 5. The topological polar surface area (TPSA) is 108 Å². The van der Waals surface area contributed by atoms with E-state index < -0.39 is 25.0 Å². The highest BCUT2D eigenvalue weighted by atomic mass is 16.4. The van der Waals surface area contributed by atoms with Gasteiger partial charge in [0.25, 0.3) is 0 Å². The molecule has 1 heterocycles. The molecule has 5 N–H and O–H groups in total. The van der Waals surface area contributed by atoms with Gasteiger partial charge in [0, 0.05) is 12.1 Å². The Morgan fingerprint density at radius 1 is 1.55 bits per heavy atom. The van der Waals surface area contributed by atoms with E-state index in [0.29, 0.717) is 6.42 Å². The number of amides is 1. The predicted molar refractivity (Wildman–Crippen MR) is 77.7 cm³/mol. The van der Waals surface area contributed by atoms with Gasteiger partial charge in [-0.15, -0.1) is 0 Å². The van der Waals surface area contributed by atoms with Crippen molar-refractivity contribution in [3.63, 3.8) is 0 Å². The van der Waals surface area contributed by atoms with E-state index in [1.54, 1.807) is 6.20 Å². The molecule has 2 rings (SSSR count). The van der Waals surface area contributed by atoms with Crippen LogP contribution in [0.4, 0.5) is 0 Å². The molecule has 0 saturated heterocycles. The summed E-state index contributed by atoms with van der Waals surface area (Å²) in [4.78, 5) is 16.1. The van der Waals surface area contributed by atoms with E-state index in [2.05, 4.69) is 10.3 Å². The Labute approximate surface area is 117 Å². The third-order valence-corrected chi connectivity index (χ3v) is 3.39. The fraction of sp³-hybridized carbons (Fsp3) is 0.385. The van der Waals surface area contributed by atoms with Gasteiger partial charge in [-0.1, -0.05) is 18.2 Å². The second-order valence-corrected chi connectivity index (χ2v) is 5.00. The van der Waals surface area contributed by atoms with Crippen LogP contribution in [0.3, 0.4) is 0 Å². The molecule has 1 amide bonds. The molecular formula is C13H18BN3O3. The molecular weight excluding hydrogens is 257 g/mol. The van der Waals surface area contributed by atoms with E-state index in [1.807, 2.05) is 24.3 Å². The minimum absolute atomic E-state index is 0.0969. The molecule has 1 aliphatic carbocycles. The van der Waals surface area contributed by atoms with Gasteiger partial charge in [0.05, 0.1) is 17.7 Å². The number of nitrogens with two attached hydrogens (primary N) is 1. The summed E-state index contributed by atoms with van der Waals surface area (Å²) in [5, 5.41) is 20.4. The fourth-order valence-electron chi connectivity index (χ4n) is 2.14. The Hall–Kier alpha value is -1.70. The quantitative estimate of drug-likeness (QED) is 0.497. The fourth-order valence-corrected chi connectivity index (χ4v) is 2.14. The number of hydrogen-bond acceptors (Lipinski definition) is 5. The molecule has 3 atom stereocenters. The smallest absolute Gasteiger partial charge is 0.426 e. The van der Waals surface area contributed by atoms with Crippen LogP contribution < -0.4 is 11.1 Å². The van der Waals surface area contributed by atoms with Gasteiger partial charge in [-0.2, -0.15) is 0 Å². The van der Waals surface area contributed by atoms with Crippen molar-refractivity contribution in [3.05, 3.63) is 36.1 Å². The normalized spacial score (nSPS) is 22.7. The lowest BCUT2D eigenvalue weighted by Crippen LogP contribution is -2.50. The van der Waals surface area contributed by atoms with Crippen LogP contribution in [-0.4, -0.2) is 40.8 Å². The Morgan fingerprint density at radius 2 is 2.30 bits per heavy atom. The first-order chi connectivity index (χ1) is 9.49. The zero-order chi connectivity index (χ0) is 14.7. The number of nitrogens with zero attached hydrogens (tertiary/aromatic N) is 1. The first-order valence-electron chi connectivity index (χ1n) is 6.52. The van der Waals surface area contributed by atoms with Crippen LogP contribution in [0, 0.1) is 5.92 Å². The highest BCUT2D eigenvalue weighted by Gasteiger charge is 2.27. The number of aliphatic imine (C=N–C) groups is 1. The zero-order valence-electron chi connectivity index (χ0n) is 11.2. The molecule has 0 spiro atoms. The second kappa shape index (κ2) is 6.17. The van der Waals surface area contributed by atoms with Gasteiger partial charge >= 0.3 is 7.12 Å². The summed E-state index contributed by atoms with van der Waals surface area (Å²) < 4.78 is 0. The standard InChI is InChI=1S/C13H18BN3O3/c1-8(14(19)20)17-13(18)11(15)6-9-7-16-12-5-3-2-4-10(9)12/h2-5,7-8,10-11,19-20H,6,15H2,1H3,(H,17,18)/t8-,10?,11-/m0/s1. The van der Waals surface area contributed by atoms with E-state index in [4.69, 9.17) is 15.8 Å². The minimum Gasteiger partial charge on any atom is -0.426 e. The van der Waals surface area contributed by atoms with Crippen molar-refractivity contribution in [1.29, 1.82) is 0 Å². The van der Waals surface area contributed by atoms with Crippen molar-refractivity contribution >= 4 is 18.7 Å². The van der Waals surface area contributed by atoms with Crippen LogP contribution in [-0.2, 0) is 4.79 Å². The summed E-state index contributed by atoms with van der Waals surface area (Å²) in [5.74, 6) is -1.06. The SMILES string of the molecule is C[C@H](NC(=O)[C@@H](N)CC1=CN=C2C=CC=CC12)B(O)O. The molecule has 0 bridgehead atoms. The molecule has 6 nitrogen and oxygen atoms in total. The lowest BCUT2D eigenvalue weighted by Gasteiger charge is -2.19. The van der Waals surface area contributed by atoms with E-state index in [0.717, 1.165) is 11.3 Å². The van der Waals surface area contributed by atoms with Crippen molar-refractivity contribution in [1.82, 2.24) is 5.32 Å². The molecule has 20 heavy (non-hydrogen) atoms. The molecule has 7 heteroatoms. The summed E-state index contributed by atoms with van der Waals surface area (Å²) in [6.45, 7) is 1.50. The number of fused-ring (bicyclic) bond motifs is 1. The van der Waals surface area contributed by atoms with Gasteiger partial charge in [-0.05, 0) is 25.0 Å². The molecule has 0 saturated carbocycles. The van der Waals surface area contributed by atoms with Crippen molar-refractivity contribution in [2.45, 2.75) is 25.3 Å². The Bertz CT molecular complexity index is 511. The van der Waals surface area contributed by atoms with Crippen molar-refractivity contribution < 1.29 is 14.8 Å². The first-order valence-corrected chi connectivity index (χ1v) is 6.52. The van der Waals surface area contributed by atoms with Gasteiger partial charge in [-0.3, -0.25) is 9.79 Å². The number of carbonyl (C=O) groups excluding carboxylic acids is 1. The number of carbonyl (C=O) groups is 1. The van der Waals surface area contributed by atoms with Crippen LogP contribution in [0.25, 0.3) is 0 Å². The van der Waals surface area contributed by atoms with E-state index in [-0.39, 0.29) is 5.92 Å². The largest absolute Gasteiger partial charge is 0.475 e. The highest BCUT2D eigenvalue weighted by molar-refractivity contribution is 6.43. The monoisotopic (exact) mass is 275 g/mol. The number of allylic oxidation sites excluding steroid dienone is 4. The van der Waals surface area contributed by atoms with Crippen LogP contribution in [0.2, 0.25) is 0 Å². The van der Waals surface area contributed by atoms with Crippen LogP contribution >= 0.6 is 0 Å². The molecule has 1 aliphatic heterocycles. The van der Waals surface area contributed by atoms with Gasteiger partial charge in [-0.25, -0.2) is 0 Å². The molecule has 2 aliphatic rings. The predicted octanol–water partition coefficient (Wildman–Crippen LogP) is -0.699. The van der Waals surface area contributed by atoms with E-state index in [1.165, 1.54) is 6.92 Å². The minimum atomic E-state index is -1.60. The summed E-state index contributed by atoms with van der Waals surface area (Å²) in [6, 6.07) is -0.740. The Morgan fingerprint density at radius 3 is 3.00 bits per heavy atom. The van der Waals surface area contributed by atoms with Gasteiger partial charge < -0.3 is 21.1 Å². The maximum atomic E-state index is 11.9. The molecule has 0 fully saturated rings. The number of nitrogens with one attached hydrogen (secondary N) is 1. The van der Waals surface area contributed by atoms with Crippen LogP contribution in [0.5, 0.6) is 0 Å². The summed E-state index contributed by atoms with van der Waals surface area (Å²) in [6.07, 6.45) is 9.95. The summed E-state index contributed by atoms with van der Waals surface area (Å²) in [7, 11) is -1.60. The molecule has 0 aromatic carbocycles. The van der Waals surface area contributed by atoms with Gasteiger partial charge in [0.1, 0.15) is 0 Å². The van der Waals surface area contributed by atoms with E-state index >= 15 is 0 Å². The third-order valence-electron chi connectivity index (χ3n) is 3.39. The van der Waals surface area contributed by atoms with Gasteiger partial charge in [0.2, 0.25) is 5.91 Å².